The van der Waals surface area contributed by atoms with Crippen LogP contribution in [-0.4, -0.2) is 16.4 Å². The van der Waals surface area contributed by atoms with E-state index in [-0.39, 0.29) is 42.0 Å². The van der Waals surface area contributed by atoms with Crippen molar-refractivity contribution in [1.82, 2.24) is 4.98 Å². The predicted octanol–water partition coefficient (Wildman–Crippen LogP) is 2.58. The van der Waals surface area contributed by atoms with Crippen LogP contribution in [0.1, 0.15) is 32.1 Å². The number of hydrogen-bond donors (Lipinski definition) is 3. The Kier molecular flexibility index (Phi) is 7.80. The summed E-state index contributed by atoms with van der Waals surface area (Å²) in [6.45, 7) is 0. The summed E-state index contributed by atoms with van der Waals surface area (Å²) in [7, 11) is 0. The summed E-state index contributed by atoms with van der Waals surface area (Å²) in [5.41, 5.74) is 5.16. The second kappa shape index (κ2) is 8.02. The number of nitrogens with one attached hydrogen (secondary N) is 2. The molecule has 0 aliphatic heterocycles. The van der Waals surface area contributed by atoms with E-state index in [1.165, 1.54) is 6.20 Å². The first kappa shape index (κ1) is 19.4. The highest BCUT2D eigenvalue weighted by Crippen LogP contribution is 2.27. The lowest BCUT2D eigenvalue weighted by Crippen LogP contribution is -2.52. The van der Waals surface area contributed by atoms with Gasteiger partial charge < -0.3 is 16.0 Å². The van der Waals surface area contributed by atoms with Crippen molar-refractivity contribution in [2.24, 2.45) is 5.73 Å². The summed E-state index contributed by atoms with van der Waals surface area (Å²) < 4.78 is 0.701. The smallest absolute Gasteiger partial charge is 0.271 e. The molecule has 0 atom stereocenters. The highest BCUT2D eigenvalue weighted by atomic mass is 79.9. The maximum Gasteiger partial charge on any atom is 0.271 e. The molecule has 1 aromatic rings. The lowest BCUT2D eigenvalue weighted by molar-refractivity contribution is -0.122. The third kappa shape index (κ3) is 4.48. The number of halogens is 3. The number of amides is 1. The summed E-state index contributed by atoms with van der Waals surface area (Å²) in [5, 5.41) is 2.62. The molecule has 1 saturated carbocycles. The number of nitrogens with two attached hydrogens (primary N) is 1. The van der Waals surface area contributed by atoms with Crippen LogP contribution in [0.25, 0.3) is 0 Å². The standard InChI is InChI=1S/C12H16BrN3O2.2ClH/c13-8-6-9(10(17)15-7-8)16-11(18)12(14)4-2-1-3-5-12;;/h6-7H,1-5,14H2,(H,15,17)(H,16,18);2*1H. The lowest BCUT2D eigenvalue weighted by Gasteiger charge is -2.31. The highest BCUT2D eigenvalue weighted by Gasteiger charge is 2.35. The van der Waals surface area contributed by atoms with Crippen LogP contribution in [0.4, 0.5) is 5.69 Å². The molecule has 5 nitrogen and oxygen atoms in total. The van der Waals surface area contributed by atoms with Gasteiger partial charge >= 0.3 is 0 Å². The number of H-pyrrole nitrogens is 1. The molecule has 1 fully saturated rings. The van der Waals surface area contributed by atoms with Crippen molar-refractivity contribution in [3.63, 3.8) is 0 Å². The highest BCUT2D eigenvalue weighted by molar-refractivity contribution is 9.10. The van der Waals surface area contributed by atoms with Gasteiger partial charge in [0.25, 0.3) is 5.56 Å². The van der Waals surface area contributed by atoms with Gasteiger partial charge in [0, 0.05) is 10.7 Å². The van der Waals surface area contributed by atoms with Gasteiger partial charge in [0.15, 0.2) is 0 Å². The minimum absolute atomic E-state index is 0. The maximum absolute atomic E-state index is 12.1. The van der Waals surface area contributed by atoms with Crippen LogP contribution in [0.2, 0.25) is 0 Å². The summed E-state index contributed by atoms with van der Waals surface area (Å²) in [4.78, 5) is 26.2. The van der Waals surface area contributed by atoms with Gasteiger partial charge in [0.05, 0.1) is 5.54 Å². The van der Waals surface area contributed by atoms with Gasteiger partial charge in [-0.3, -0.25) is 9.59 Å². The Morgan fingerprint density at radius 2 is 1.90 bits per heavy atom. The number of carbonyl (C=O) groups excluding carboxylic acids is 1. The van der Waals surface area contributed by atoms with Crippen LogP contribution in [0.3, 0.4) is 0 Å². The van der Waals surface area contributed by atoms with E-state index in [1.54, 1.807) is 6.07 Å². The summed E-state index contributed by atoms with van der Waals surface area (Å²) in [6, 6.07) is 1.57. The molecule has 0 bridgehead atoms. The van der Waals surface area contributed by atoms with Crippen molar-refractivity contribution in [2.45, 2.75) is 37.6 Å². The fraction of sp³-hybridized carbons (Fsp3) is 0.500. The van der Waals surface area contributed by atoms with Crippen molar-refractivity contribution >= 4 is 52.3 Å². The third-order valence-corrected chi connectivity index (χ3v) is 3.77. The molecule has 20 heavy (non-hydrogen) atoms. The Morgan fingerprint density at radius 1 is 1.30 bits per heavy atom. The van der Waals surface area contributed by atoms with Crippen molar-refractivity contribution < 1.29 is 4.79 Å². The summed E-state index contributed by atoms with van der Waals surface area (Å²) >= 11 is 3.24. The number of pyridine rings is 1. The van der Waals surface area contributed by atoms with E-state index in [9.17, 15) is 9.59 Å². The molecule has 1 amide bonds. The second-order valence-corrected chi connectivity index (χ2v) is 5.65. The molecule has 1 aliphatic rings. The van der Waals surface area contributed by atoms with Gasteiger partial charge in [-0.15, -0.1) is 24.8 Å². The second-order valence-electron chi connectivity index (χ2n) is 4.73. The molecule has 2 rings (SSSR count). The van der Waals surface area contributed by atoms with E-state index in [4.69, 9.17) is 5.73 Å². The molecule has 8 heteroatoms. The molecule has 1 aromatic heterocycles. The molecule has 0 radical (unpaired) electrons. The number of carbonyl (C=O) groups is 1. The zero-order valence-electron chi connectivity index (χ0n) is 10.8. The molecule has 0 saturated heterocycles. The van der Waals surface area contributed by atoms with E-state index >= 15 is 0 Å². The molecule has 114 valence electrons. The number of aromatic amines is 1. The van der Waals surface area contributed by atoms with E-state index in [0.29, 0.717) is 17.3 Å². The zero-order chi connectivity index (χ0) is 13.2. The monoisotopic (exact) mass is 385 g/mol. The Morgan fingerprint density at radius 3 is 2.50 bits per heavy atom. The Balaban J connectivity index is 0.00000180. The topological polar surface area (TPSA) is 88.0 Å². The molecular formula is C12H18BrCl2N3O2. The fourth-order valence-electron chi connectivity index (χ4n) is 2.21. The third-order valence-electron chi connectivity index (χ3n) is 3.31. The van der Waals surface area contributed by atoms with Crippen molar-refractivity contribution in [1.29, 1.82) is 0 Å². The first-order chi connectivity index (χ1) is 8.51. The summed E-state index contributed by atoms with van der Waals surface area (Å²) in [6.07, 6.45) is 5.90. The van der Waals surface area contributed by atoms with Crippen LogP contribution in [0.15, 0.2) is 21.5 Å². The van der Waals surface area contributed by atoms with Crippen molar-refractivity contribution in [3.8, 4) is 0 Å². The van der Waals surface area contributed by atoms with Gasteiger partial charge in [-0.1, -0.05) is 19.3 Å². The van der Waals surface area contributed by atoms with E-state index in [1.807, 2.05) is 0 Å². The van der Waals surface area contributed by atoms with Gasteiger partial charge in [0.2, 0.25) is 5.91 Å². The number of hydrogen-bond acceptors (Lipinski definition) is 3. The zero-order valence-corrected chi connectivity index (χ0v) is 14.0. The van der Waals surface area contributed by atoms with Gasteiger partial charge in [-0.25, -0.2) is 0 Å². The van der Waals surface area contributed by atoms with Crippen molar-refractivity contribution in [3.05, 3.63) is 27.1 Å². The largest absolute Gasteiger partial charge is 0.326 e. The molecular weight excluding hydrogens is 369 g/mol. The Hall–Kier alpha value is -0.560. The van der Waals surface area contributed by atoms with Gasteiger partial charge in [-0.2, -0.15) is 0 Å². The Labute approximate surface area is 138 Å². The van der Waals surface area contributed by atoms with Crippen molar-refractivity contribution in [2.75, 3.05) is 5.32 Å². The molecule has 0 spiro atoms. The average Bonchev–Trinajstić information content (AvgIpc) is 2.35. The van der Waals surface area contributed by atoms with Crippen LogP contribution >= 0.6 is 40.7 Å². The first-order valence-electron chi connectivity index (χ1n) is 6.00. The summed E-state index contributed by atoms with van der Waals surface area (Å²) in [5.74, 6) is -0.272. The normalized spacial score (nSPS) is 16.5. The minimum Gasteiger partial charge on any atom is -0.326 e. The molecule has 0 unspecified atom stereocenters. The lowest BCUT2D eigenvalue weighted by atomic mass is 9.82. The number of aromatic nitrogens is 1. The molecule has 0 aromatic carbocycles. The average molecular weight is 387 g/mol. The molecule has 4 N–H and O–H groups in total. The van der Waals surface area contributed by atoms with E-state index < -0.39 is 5.54 Å². The van der Waals surface area contributed by atoms with E-state index in [2.05, 4.69) is 26.2 Å². The van der Waals surface area contributed by atoms with E-state index in [0.717, 1.165) is 19.3 Å². The van der Waals surface area contributed by atoms with Crippen LogP contribution < -0.4 is 16.6 Å². The number of anilines is 1. The van der Waals surface area contributed by atoms with Crippen LogP contribution in [-0.2, 0) is 4.79 Å². The Bertz CT molecular complexity index is 516. The van der Waals surface area contributed by atoms with Crippen LogP contribution in [0.5, 0.6) is 0 Å². The first-order valence-corrected chi connectivity index (χ1v) is 6.79. The van der Waals surface area contributed by atoms with Gasteiger partial charge in [-0.05, 0) is 34.8 Å². The SMILES string of the molecule is Cl.Cl.NC1(C(=O)Nc2cc(Br)c[nH]c2=O)CCCCC1. The van der Waals surface area contributed by atoms with Crippen LogP contribution in [0, 0.1) is 0 Å². The molecule has 1 heterocycles. The van der Waals surface area contributed by atoms with Gasteiger partial charge in [0.1, 0.15) is 5.69 Å². The fourth-order valence-corrected chi connectivity index (χ4v) is 2.55. The number of rotatable bonds is 2. The maximum atomic E-state index is 12.1. The minimum atomic E-state index is -0.840. The quantitative estimate of drug-likeness (QED) is 0.729. The molecule has 1 aliphatic carbocycles. The predicted molar refractivity (Wildman–Crippen MR) is 87.9 cm³/mol.